The Morgan fingerprint density at radius 2 is 1.71 bits per heavy atom. The Balaban J connectivity index is 1.37. The summed E-state index contributed by atoms with van der Waals surface area (Å²) in [6.45, 7) is 1.45. The van der Waals surface area contributed by atoms with Gasteiger partial charge in [0.1, 0.15) is 18.2 Å². The second kappa shape index (κ2) is 9.52. The maximum atomic E-state index is 13.5. The first-order valence-corrected chi connectivity index (χ1v) is 11.5. The van der Waals surface area contributed by atoms with Gasteiger partial charge in [0.2, 0.25) is 0 Å². The van der Waals surface area contributed by atoms with E-state index in [-0.39, 0.29) is 16.8 Å². The van der Waals surface area contributed by atoms with Gasteiger partial charge in [-0.15, -0.1) is 10.2 Å². The van der Waals surface area contributed by atoms with E-state index < -0.39 is 5.82 Å². The summed E-state index contributed by atoms with van der Waals surface area (Å²) in [5.41, 5.74) is 1.27. The van der Waals surface area contributed by atoms with Gasteiger partial charge in [0.25, 0.3) is 5.91 Å². The first-order valence-electron chi connectivity index (χ1n) is 10.8. The molecule has 8 nitrogen and oxygen atoms in total. The van der Waals surface area contributed by atoms with Crippen LogP contribution in [-0.2, 0) is 6.54 Å². The van der Waals surface area contributed by atoms with Crippen LogP contribution in [0.3, 0.4) is 0 Å². The molecule has 0 spiro atoms. The molecule has 0 bridgehead atoms. The van der Waals surface area contributed by atoms with Crippen LogP contribution < -0.4 is 0 Å². The van der Waals surface area contributed by atoms with Gasteiger partial charge in [0.15, 0.2) is 5.82 Å². The fourth-order valence-corrected chi connectivity index (χ4v) is 4.48. The summed E-state index contributed by atoms with van der Waals surface area (Å²) in [5.74, 6) is 0.919. The zero-order valence-corrected chi connectivity index (χ0v) is 19.5. The minimum atomic E-state index is -0.542. The Kier molecular flexibility index (Phi) is 6.30. The lowest BCUT2D eigenvalue weighted by Crippen LogP contribution is -2.38. The highest BCUT2D eigenvalue weighted by molar-refractivity contribution is 6.31. The van der Waals surface area contributed by atoms with Crippen LogP contribution in [0, 0.1) is 5.82 Å². The third-order valence-corrected chi connectivity index (χ3v) is 6.44. The number of hydrogen-bond acceptors (Lipinski definition) is 5. The first kappa shape index (κ1) is 22.5. The van der Waals surface area contributed by atoms with Gasteiger partial charge in [0.05, 0.1) is 17.4 Å². The molecule has 0 aliphatic carbocycles. The molecule has 34 heavy (non-hydrogen) atoms. The van der Waals surface area contributed by atoms with Crippen LogP contribution in [-0.4, -0.2) is 53.7 Å². The third kappa shape index (κ3) is 4.53. The molecule has 11 heteroatoms. The molecule has 2 aromatic heterocycles. The predicted octanol–water partition coefficient (Wildman–Crippen LogP) is 4.37. The van der Waals surface area contributed by atoms with E-state index >= 15 is 0 Å². The lowest BCUT2D eigenvalue weighted by molar-refractivity contribution is 0.0710. The zero-order chi connectivity index (χ0) is 23.7. The summed E-state index contributed by atoms with van der Waals surface area (Å²) in [7, 11) is 0. The Morgan fingerprint density at radius 1 is 1.00 bits per heavy atom. The van der Waals surface area contributed by atoms with Crippen LogP contribution in [0.1, 0.15) is 40.8 Å². The van der Waals surface area contributed by atoms with Crippen molar-refractivity contribution in [3.8, 4) is 5.69 Å². The number of likely N-dealkylation sites (tertiary alicyclic amines) is 1. The monoisotopic (exact) mass is 499 g/mol. The third-order valence-electron chi connectivity index (χ3n) is 5.90. The van der Waals surface area contributed by atoms with Crippen LogP contribution in [0.15, 0.2) is 54.9 Å². The van der Waals surface area contributed by atoms with Crippen molar-refractivity contribution in [3.63, 3.8) is 0 Å². The van der Waals surface area contributed by atoms with E-state index in [2.05, 4.69) is 20.4 Å². The molecular weight excluding hydrogens is 480 g/mol. The quantitative estimate of drug-likeness (QED) is 0.407. The van der Waals surface area contributed by atoms with E-state index in [0.29, 0.717) is 48.9 Å². The maximum Gasteiger partial charge on any atom is 0.253 e. The van der Waals surface area contributed by atoms with E-state index in [4.69, 9.17) is 23.2 Å². The number of benzene rings is 2. The number of amides is 1. The zero-order valence-electron chi connectivity index (χ0n) is 18.0. The summed E-state index contributed by atoms with van der Waals surface area (Å²) in [6, 6.07) is 11.5. The van der Waals surface area contributed by atoms with Gasteiger partial charge in [-0.05, 0) is 55.3 Å². The van der Waals surface area contributed by atoms with Crippen molar-refractivity contribution in [2.45, 2.75) is 25.3 Å². The summed E-state index contributed by atoms with van der Waals surface area (Å²) >= 11 is 12.0. The smallest absolute Gasteiger partial charge is 0.253 e. The van der Waals surface area contributed by atoms with E-state index in [1.165, 1.54) is 18.2 Å². The predicted molar refractivity (Wildman–Crippen MR) is 125 cm³/mol. The number of rotatable bonds is 5. The van der Waals surface area contributed by atoms with Crippen molar-refractivity contribution in [2.75, 3.05) is 13.1 Å². The normalized spacial score (nSPS) is 14.5. The Hall–Kier alpha value is -3.30. The van der Waals surface area contributed by atoms with E-state index in [0.717, 1.165) is 11.5 Å². The van der Waals surface area contributed by atoms with Crippen LogP contribution in [0.2, 0.25) is 10.0 Å². The average molecular weight is 500 g/mol. The van der Waals surface area contributed by atoms with Gasteiger partial charge in [0, 0.05) is 35.3 Å². The highest BCUT2D eigenvalue weighted by Gasteiger charge is 2.29. The molecule has 0 N–H and O–H groups in total. The molecule has 0 atom stereocenters. The fourth-order valence-electron chi connectivity index (χ4n) is 4.17. The molecule has 0 unspecified atom stereocenters. The topological polar surface area (TPSA) is 81.7 Å². The SMILES string of the molecule is O=C(c1ccc(F)c(Cl)c1)N1CCC(c2nnc(Cn3nccn3)n2-c2ccc(Cl)cc2)CC1. The Morgan fingerprint density at radius 3 is 2.38 bits per heavy atom. The molecule has 0 radical (unpaired) electrons. The number of hydrogen-bond donors (Lipinski definition) is 0. The van der Waals surface area contributed by atoms with Gasteiger partial charge >= 0.3 is 0 Å². The largest absolute Gasteiger partial charge is 0.339 e. The molecule has 1 fully saturated rings. The van der Waals surface area contributed by atoms with Crippen molar-refractivity contribution < 1.29 is 9.18 Å². The molecule has 1 amide bonds. The van der Waals surface area contributed by atoms with Gasteiger partial charge in [-0.2, -0.15) is 15.0 Å². The number of carbonyl (C=O) groups excluding carboxylic acids is 1. The van der Waals surface area contributed by atoms with E-state index in [1.807, 2.05) is 28.8 Å². The van der Waals surface area contributed by atoms with E-state index in [1.54, 1.807) is 22.1 Å². The second-order valence-corrected chi connectivity index (χ2v) is 8.88. The Bertz CT molecular complexity index is 1300. The Labute approximate surface area is 204 Å². The summed E-state index contributed by atoms with van der Waals surface area (Å²) in [4.78, 5) is 16.2. The highest BCUT2D eigenvalue weighted by atomic mass is 35.5. The lowest BCUT2D eigenvalue weighted by atomic mass is 9.95. The maximum absolute atomic E-state index is 13.5. The van der Waals surface area contributed by atoms with Crippen LogP contribution in [0.4, 0.5) is 4.39 Å². The van der Waals surface area contributed by atoms with Crippen molar-refractivity contribution in [1.29, 1.82) is 0 Å². The number of nitrogens with zero attached hydrogens (tertiary/aromatic N) is 7. The summed E-state index contributed by atoms with van der Waals surface area (Å²) in [5, 5.41) is 17.9. The van der Waals surface area contributed by atoms with Gasteiger partial charge in [-0.1, -0.05) is 23.2 Å². The molecule has 3 heterocycles. The van der Waals surface area contributed by atoms with Crippen LogP contribution in [0.25, 0.3) is 5.69 Å². The molecule has 4 aromatic rings. The number of halogens is 3. The van der Waals surface area contributed by atoms with Crippen molar-refractivity contribution in [2.24, 2.45) is 0 Å². The van der Waals surface area contributed by atoms with Crippen molar-refractivity contribution in [1.82, 2.24) is 34.7 Å². The molecule has 1 aliphatic heterocycles. The summed E-state index contributed by atoms with van der Waals surface area (Å²) in [6.07, 6.45) is 4.66. The number of piperidine rings is 1. The molecule has 1 saturated heterocycles. The molecule has 0 saturated carbocycles. The van der Waals surface area contributed by atoms with Gasteiger partial charge in [-0.25, -0.2) is 4.39 Å². The molecule has 2 aromatic carbocycles. The minimum Gasteiger partial charge on any atom is -0.339 e. The first-order chi connectivity index (χ1) is 16.5. The molecule has 5 rings (SSSR count). The van der Waals surface area contributed by atoms with Crippen LogP contribution in [0.5, 0.6) is 0 Å². The van der Waals surface area contributed by atoms with Crippen molar-refractivity contribution >= 4 is 29.1 Å². The molecule has 1 aliphatic rings. The van der Waals surface area contributed by atoms with Crippen LogP contribution >= 0.6 is 23.2 Å². The van der Waals surface area contributed by atoms with Gasteiger partial charge < -0.3 is 4.90 Å². The highest BCUT2D eigenvalue weighted by Crippen LogP contribution is 2.31. The lowest BCUT2D eigenvalue weighted by Gasteiger charge is -2.32. The molecule has 174 valence electrons. The standard InChI is InChI=1S/C23H20Cl2FN7O/c24-17-2-4-18(5-3-17)33-21(14-32-27-9-10-28-32)29-30-22(33)15-7-11-31(12-8-15)23(34)16-1-6-20(26)19(25)13-16/h1-6,9-10,13,15H,7-8,11-12,14H2. The van der Waals surface area contributed by atoms with Gasteiger partial charge in [-0.3, -0.25) is 9.36 Å². The average Bonchev–Trinajstić information content (AvgIpc) is 3.52. The fraction of sp³-hybridized carbons (Fsp3) is 0.261. The van der Waals surface area contributed by atoms with E-state index in [9.17, 15) is 9.18 Å². The minimum absolute atomic E-state index is 0.0593. The molecular formula is C23H20Cl2FN7O. The summed E-state index contributed by atoms with van der Waals surface area (Å²) < 4.78 is 15.5. The second-order valence-electron chi connectivity index (χ2n) is 8.04. The number of carbonyl (C=O) groups is 1. The van der Waals surface area contributed by atoms with Crippen molar-refractivity contribution in [3.05, 3.63) is 87.9 Å². The number of aromatic nitrogens is 6.